The molecule has 0 fully saturated rings. The molecule has 0 radical (unpaired) electrons. The zero-order valence-corrected chi connectivity index (χ0v) is 9.79. The quantitative estimate of drug-likeness (QED) is 0.823. The Morgan fingerprint density at radius 2 is 2.20 bits per heavy atom. The number of hydrogen-bond acceptors (Lipinski definition) is 2. The maximum Gasteiger partial charge on any atom is 0.269 e. The molecular formula is C12H18N2O. The van der Waals surface area contributed by atoms with E-state index in [0.29, 0.717) is 5.69 Å². The van der Waals surface area contributed by atoms with E-state index >= 15 is 0 Å². The fourth-order valence-corrected chi connectivity index (χ4v) is 1.31. The summed E-state index contributed by atoms with van der Waals surface area (Å²) in [4.78, 5) is 15.5. The second-order valence-corrected chi connectivity index (χ2v) is 4.25. The summed E-state index contributed by atoms with van der Waals surface area (Å²) in [6, 6.07) is 3.83. The number of amides is 1. The molecule has 0 spiro atoms. The fraction of sp³-hybridized carbons (Fsp3) is 0.500. The van der Waals surface area contributed by atoms with Gasteiger partial charge in [-0.05, 0) is 29.5 Å². The summed E-state index contributed by atoms with van der Waals surface area (Å²) in [7, 11) is 1.61. The molecule has 15 heavy (non-hydrogen) atoms. The third kappa shape index (κ3) is 2.55. The van der Waals surface area contributed by atoms with Crippen molar-refractivity contribution >= 4 is 5.91 Å². The second kappa shape index (κ2) is 4.43. The largest absolute Gasteiger partial charge is 0.354 e. The Bertz CT molecular complexity index is 358. The van der Waals surface area contributed by atoms with Crippen LogP contribution in [0.3, 0.4) is 0 Å². The number of carbonyl (C=O) groups excluding carboxylic acids is 1. The molecule has 0 aromatic carbocycles. The predicted octanol–water partition coefficient (Wildman–Crippen LogP) is 2.13. The topological polar surface area (TPSA) is 42.0 Å². The number of aromatic nitrogens is 1. The lowest BCUT2D eigenvalue weighted by atomic mass is 9.82. The van der Waals surface area contributed by atoms with E-state index < -0.39 is 0 Å². The first-order valence-corrected chi connectivity index (χ1v) is 5.20. The molecule has 0 atom stereocenters. The molecule has 0 bridgehead atoms. The lowest BCUT2D eigenvalue weighted by molar-refractivity contribution is 0.0958. The molecule has 0 aliphatic rings. The average Bonchev–Trinajstić information content (AvgIpc) is 2.28. The summed E-state index contributed by atoms with van der Waals surface area (Å²) >= 11 is 0. The first kappa shape index (κ1) is 11.7. The average molecular weight is 206 g/mol. The summed E-state index contributed by atoms with van der Waals surface area (Å²) < 4.78 is 0. The van der Waals surface area contributed by atoms with E-state index in [4.69, 9.17) is 0 Å². The Hall–Kier alpha value is -1.38. The van der Waals surface area contributed by atoms with Gasteiger partial charge in [-0.25, -0.2) is 0 Å². The highest BCUT2D eigenvalue weighted by Gasteiger charge is 2.19. The van der Waals surface area contributed by atoms with Crippen molar-refractivity contribution < 1.29 is 4.79 Å². The number of nitrogens with zero attached hydrogens (tertiary/aromatic N) is 1. The Morgan fingerprint density at radius 3 is 2.73 bits per heavy atom. The van der Waals surface area contributed by atoms with E-state index in [1.807, 2.05) is 12.1 Å². The number of hydrogen-bond donors (Lipinski definition) is 1. The summed E-state index contributed by atoms with van der Waals surface area (Å²) in [5, 5.41) is 2.58. The van der Waals surface area contributed by atoms with E-state index in [0.717, 1.165) is 12.0 Å². The summed E-state index contributed by atoms with van der Waals surface area (Å²) in [5.41, 5.74) is 1.72. The monoisotopic (exact) mass is 206 g/mol. The molecule has 1 N–H and O–H groups in total. The minimum absolute atomic E-state index is 0.0890. The number of nitrogens with one attached hydrogen (secondary N) is 1. The Kier molecular flexibility index (Phi) is 3.45. The third-order valence-electron chi connectivity index (χ3n) is 2.88. The van der Waals surface area contributed by atoms with Crippen LogP contribution in [0.25, 0.3) is 0 Å². The molecule has 0 aliphatic carbocycles. The van der Waals surface area contributed by atoms with Crippen LogP contribution >= 0.6 is 0 Å². The highest BCUT2D eigenvalue weighted by molar-refractivity contribution is 5.92. The van der Waals surface area contributed by atoms with Gasteiger partial charge in [0.05, 0.1) is 0 Å². The molecule has 82 valence electrons. The van der Waals surface area contributed by atoms with E-state index in [1.54, 1.807) is 13.2 Å². The number of pyridine rings is 1. The molecular weight excluding hydrogens is 188 g/mol. The van der Waals surface area contributed by atoms with Gasteiger partial charge in [0.1, 0.15) is 5.69 Å². The smallest absolute Gasteiger partial charge is 0.269 e. The highest BCUT2D eigenvalue weighted by atomic mass is 16.1. The van der Waals surface area contributed by atoms with Crippen molar-refractivity contribution in [3.8, 4) is 0 Å². The van der Waals surface area contributed by atoms with Crippen molar-refractivity contribution in [3.63, 3.8) is 0 Å². The molecule has 0 saturated carbocycles. The molecule has 1 aromatic heterocycles. The normalized spacial score (nSPS) is 11.2. The molecule has 1 amide bonds. The van der Waals surface area contributed by atoms with Gasteiger partial charge in [0.15, 0.2) is 0 Å². The van der Waals surface area contributed by atoms with Crippen LogP contribution in [0.5, 0.6) is 0 Å². The van der Waals surface area contributed by atoms with Gasteiger partial charge in [0.2, 0.25) is 0 Å². The maximum atomic E-state index is 11.4. The first-order valence-electron chi connectivity index (χ1n) is 5.20. The van der Waals surface area contributed by atoms with Crippen LogP contribution in [0.4, 0.5) is 0 Å². The fourth-order valence-electron chi connectivity index (χ4n) is 1.31. The molecule has 0 saturated heterocycles. The lowest BCUT2D eigenvalue weighted by Gasteiger charge is -2.23. The van der Waals surface area contributed by atoms with Crippen molar-refractivity contribution in [2.75, 3.05) is 7.05 Å². The number of rotatable bonds is 3. The molecule has 1 heterocycles. The van der Waals surface area contributed by atoms with E-state index in [-0.39, 0.29) is 11.3 Å². The predicted molar refractivity (Wildman–Crippen MR) is 60.9 cm³/mol. The minimum Gasteiger partial charge on any atom is -0.354 e. The van der Waals surface area contributed by atoms with Crippen molar-refractivity contribution in [1.29, 1.82) is 0 Å². The molecule has 0 aliphatic heterocycles. The van der Waals surface area contributed by atoms with Gasteiger partial charge in [0.25, 0.3) is 5.91 Å². The summed E-state index contributed by atoms with van der Waals surface area (Å²) in [6.07, 6.45) is 2.72. The molecule has 1 rings (SSSR count). The van der Waals surface area contributed by atoms with Gasteiger partial charge in [-0.15, -0.1) is 0 Å². The van der Waals surface area contributed by atoms with E-state index in [9.17, 15) is 4.79 Å². The van der Waals surface area contributed by atoms with Crippen LogP contribution < -0.4 is 5.32 Å². The van der Waals surface area contributed by atoms with Crippen LogP contribution in [0.15, 0.2) is 18.3 Å². The van der Waals surface area contributed by atoms with Crippen molar-refractivity contribution in [2.45, 2.75) is 32.6 Å². The molecule has 3 heteroatoms. The van der Waals surface area contributed by atoms with Crippen molar-refractivity contribution in [2.24, 2.45) is 0 Å². The lowest BCUT2D eigenvalue weighted by Crippen LogP contribution is -2.21. The summed E-state index contributed by atoms with van der Waals surface area (Å²) in [5.74, 6) is -0.135. The zero-order chi connectivity index (χ0) is 11.5. The van der Waals surface area contributed by atoms with E-state index in [1.165, 1.54) is 0 Å². The van der Waals surface area contributed by atoms with Crippen LogP contribution in [-0.2, 0) is 5.41 Å². The van der Waals surface area contributed by atoms with Gasteiger partial charge >= 0.3 is 0 Å². The van der Waals surface area contributed by atoms with Gasteiger partial charge in [-0.2, -0.15) is 0 Å². The molecule has 0 unspecified atom stereocenters. The van der Waals surface area contributed by atoms with Crippen LogP contribution in [-0.4, -0.2) is 17.9 Å². The zero-order valence-electron chi connectivity index (χ0n) is 9.79. The van der Waals surface area contributed by atoms with Gasteiger partial charge < -0.3 is 5.32 Å². The second-order valence-electron chi connectivity index (χ2n) is 4.25. The van der Waals surface area contributed by atoms with Crippen LogP contribution in [0, 0.1) is 0 Å². The Labute approximate surface area is 90.9 Å². The highest BCUT2D eigenvalue weighted by Crippen LogP contribution is 2.26. The summed E-state index contributed by atoms with van der Waals surface area (Å²) in [6.45, 7) is 6.46. The standard InChI is InChI=1S/C12H18N2O/c1-5-12(2,3)9-6-7-14-10(8-9)11(15)13-4/h6-8H,5H2,1-4H3,(H,13,15). The van der Waals surface area contributed by atoms with Crippen molar-refractivity contribution in [3.05, 3.63) is 29.6 Å². The van der Waals surface area contributed by atoms with Gasteiger partial charge in [-0.3, -0.25) is 9.78 Å². The Balaban J connectivity index is 3.08. The Morgan fingerprint density at radius 1 is 1.53 bits per heavy atom. The van der Waals surface area contributed by atoms with Crippen LogP contribution in [0.1, 0.15) is 43.2 Å². The van der Waals surface area contributed by atoms with Crippen molar-refractivity contribution in [1.82, 2.24) is 10.3 Å². The maximum absolute atomic E-state index is 11.4. The van der Waals surface area contributed by atoms with Gasteiger partial charge in [0, 0.05) is 13.2 Å². The minimum atomic E-state index is -0.135. The SMILES string of the molecule is CCC(C)(C)c1ccnc(C(=O)NC)c1. The number of carbonyl (C=O) groups is 1. The first-order chi connectivity index (χ1) is 7.01. The van der Waals surface area contributed by atoms with Gasteiger partial charge in [-0.1, -0.05) is 20.8 Å². The van der Waals surface area contributed by atoms with E-state index in [2.05, 4.69) is 31.1 Å². The molecule has 3 nitrogen and oxygen atoms in total. The third-order valence-corrected chi connectivity index (χ3v) is 2.88. The van der Waals surface area contributed by atoms with Crippen LogP contribution in [0.2, 0.25) is 0 Å². The molecule has 1 aromatic rings.